The highest BCUT2D eigenvalue weighted by Crippen LogP contribution is 2.24. The molecule has 0 aliphatic carbocycles. The lowest BCUT2D eigenvalue weighted by Crippen LogP contribution is -2.17. The van der Waals surface area contributed by atoms with Crippen LogP contribution in [0.25, 0.3) is 0 Å². The zero-order chi connectivity index (χ0) is 12.4. The highest BCUT2D eigenvalue weighted by Gasteiger charge is 2.11. The molecule has 1 aliphatic heterocycles. The van der Waals surface area contributed by atoms with Crippen LogP contribution in [0, 0.1) is 11.8 Å². The minimum Gasteiger partial charge on any atom is -0.343 e. The molecule has 0 saturated heterocycles. The topological polar surface area (TPSA) is 3.24 Å². The maximum atomic E-state index is 3.91. The van der Waals surface area contributed by atoms with Gasteiger partial charge in [0.25, 0.3) is 0 Å². The van der Waals surface area contributed by atoms with Gasteiger partial charge in [-0.15, -0.1) is 0 Å². The Morgan fingerprint density at radius 1 is 0.944 bits per heavy atom. The summed E-state index contributed by atoms with van der Waals surface area (Å²) in [5, 5.41) is 0. The molecule has 0 fully saturated rings. The number of hydrogen-bond acceptors (Lipinski definition) is 1. The second-order valence-corrected chi connectivity index (χ2v) is 4.23. The first kappa shape index (κ1) is 10.7. The summed E-state index contributed by atoms with van der Waals surface area (Å²) in [6, 6.07) is 16.4. The van der Waals surface area contributed by atoms with Crippen molar-refractivity contribution < 1.29 is 0 Å². The summed E-state index contributed by atoms with van der Waals surface area (Å²) in [6.45, 7) is 4.72. The molecule has 1 nitrogen and oxygen atoms in total. The number of rotatable bonds is 1. The highest BCUT2D eigenvalue weighted by atomic mass is 15.1. The van der Waals surface area contributed by atoms with E-state index >= 15 is 0 Å². The summed E-state index contributed by atoms with van der Waals surface area (Å²) in [4.78, 5) is 2.14. The molecule has 1 heterocycles. The van der Waals surface area contributed by atoms with Gasteiger partial charge >= 0.3 is 0 Å². The molecular weight excluding hydrogens is 218 g/mol. The quantitative estimate of drug-likeness (QED) is 0.678. The van der Waals surface area contributed by atoms with Crippen LogP contribution in [0.3, 0.4) is 0 Å². The molecule has 0 aromatic heterocycles. The largest absolute Gasteiger partial charge is 0.343 e. The van der Waals surface area contributed by atoms with Gasteiger partial charge in [-0.3, -0.25) is 0 Å². The average molecular weight is 231 g/mol. The van der Waals surface area contributed by atoms with Gasteiger partial charge in [0.15, 0.2) is 0 Å². The van der Waals surface area contributed by atoms with E-state index < -0.39 is 0 Å². The molecule has 1 heteroatoms. The fraction of sp³-hybridized carbons (Fsp3) is 0.0588. The molecule has 18 heavy (non-hydrogen) atoms. The molecule has 3 rings (SSSR count). The number of anilines is 1. The Morgan fingerprint density at radius 3 is 2.44 bits per heavy atom. The lowest BCUT2D eigenvalue weighted by Gasteiger charge is -2.23. The van der Waals surface area contributed by atoms with Gasteiger partial charge in [0.1, 0.15) is 0 Å². The van der Waals surface area contributed by atoms with Gasteiger partial charge in [0.2, 0.25) is 0 Å². The molecule has 2 aromatic carbocycles. The lowest BCUT2D eigenvalue weighted by atomic mass is 10.0. The van der Waals surface area contributed by atoms with Crippen molar-refractivity contribution in [2.24, 2.45) is 0 Å². The summed E-state index contributed by atoms with van der Waals surface area (Å²) in [7, 11) is 0. The molecular formula is C17H13N. The molecule has 0 atom stereocenters. The van der Waals surface area contributed by atoms with Crippen LogP contribution in [0.4, 0.5) is 5.69 Å². The first-order valence-corrected chi connectivity index (χ1v) is 5.96. The molecule has 0 bridgehead atoms. The van der Waals surface area contributed by atoms with Crippen molar-refractivity contribution in [2.75, 3.05) is 4.90 Å². The molecule has 86 valence electrons. The summed E-state index contributed by atoms with van der Waals surface area (Å²) in [5.74, 6) is 6.50. The number of nitrogens with zero attached hydrogens (tertiary/aromatic N) is 1. The van der Waals surface area contributed by atoms with Crippen molar-refractivity contribution in [1.82, 2.24) is 0 Å². The Kier molecular flexibility index (Phi) is 2.63. The standard InChI is InChI=1S/C17H13N/c1-2-18-13-16-9-4-3-7-14(16)11-12-15-8-5-6-10-17(15)18/h2-10H,1,13H2. The van der Waals surface area contributed by atoms with Crippen LogP contribution in [0.5, 0.6) is 0 Å². The van der Waals surface area contributed by atoms with Crippen LogP contribution < -0.4 is 4.90 Å². The molecule has 0 spiro atoms. The van der Waals surface area contributed by atoms with Crippen molar-refractivity contribution in [3.8, 4) is 11.8 Å². The summed E-state index contributed by atoms with van der Waals surface area (Å²) in [6.07, 6.45) is 1.86. The monoisotopic (exact) mass is 231 g/mol. The third kappa shape index (κ3) is 1.78. The molecule has 0 amide bonds. The predicted octanol–water partition coefficient (Wildman–Crippen LogP) is 3.55. The first-order chi connectivity index (χ1) is 8.88. The number of para-hydroxylation sites is 1. The fourth-order valence-electron chi connectivity index (χ4n) is 2.18. The van der Waals surface area contributed by atoms with E-state index in [4.69, 9.17) is 0 Å². The third-order valence-electron chi connectivity index (χ3n) is 3.12. The van der Waals surface area contributed by atoms with Crippen molar-refractivity contribution in [1.29, 1.82) is 0 Å². The molecule has 1 aliphatic rings. The van der Waals surface area contributed by atoms with Crippen molar-refractivity contribution in [2.45, 2.75) is 6.54 Å². The van der Waals surface area contributed by atoms with Crippen LogP contribution in [0.2, 0.25) is 0 Å². The maximum absolute atomic E-state index is 3.91. The van der Waals surface area contributed by atoms with Gasteiger partial charge in [-0.1, -0.05) is 48.8 Å². The minimum atomic E-state index is 0.811. The normalized spacial score (nSPS) is 12.3. The van der Waals surface area contributed by atoms with E-state index in [2.05, 4.69) is 47.6 Å². The number of benzene rings is 2. The van der Waals surface area contributed by atoms with Crippen LogP contribution in [-0.2, 0) is 6.54 Å². The van der Waals surface area contributed by atoms with Crippen molar-refractivity contribution in [3.63, 3.8) is 0 Å². The van der Waals surface area contributed by atoms with Crippen molar-refractivity contribution >= 4 is 5.69 Å². The van der Waals surface area contributed by atoms with Crippen LogP contribution in [0.15, 0.2) is 61.3 Å². The fourth-order valence-corrected chi connectivity index (χ4v) is 2.18. The van der Waals surface area contributed by atoms with E-state index in [0.717, 1.165) is 23.4 Å². The Hall–Kier alpha value is -2.46. The lowest BCUT2D eigenvalue weighted by molar-refractivity contribution is 0.962. The van der Waals surface area contributed by atoms with E-state index in [9.17, 15) is 0 Å². The van der Waals surface area contributed by atoms with Gasteiger partial charge in [0.05, 0.1) is 5.69 Å². The summed E-state index contributed by atoms with van der Waals surface area (Å²) >= 11 is 0. The molecule has 0 N–H and O–H groups in total. The summed E-state index contributed by atoms with van der Waals surface area (Å²) in [5.41, 5.74) is 4.50. The van der Waals surface area contributed by atoms with Gasteiger partial charge in [0, 0.05) is 17.7 Å². The Morgan fingerprint density at radius 2 is 1.61 bits per heavy atom. The smallest absolute Gasteiger partial charge is 0.0568 e. The second-order valence-electron chi connectivity index (χ2n) is 4.23. The Balaban J connectivity index is 2.22. The van der Waals surface area contributed by atoms with E-state index in [1.54, 1.807) is 0 Å². The van der Waals surface area contributed by atoms with E-state index in [0.29, 0.717) is 0 Å². The van der Waals surface area contributed by atoms with Gasteiger partial charge in [-0.25, -0.2) is 0 Å². The zero-order valence-corrected chi connectivity index (χ0v) is 10.1. The highest BCUT2D eigenvalue weighted by molar-refractivity contribution is 5.65. The van der Waals surface area contributed by atoms with Crippen LogP contribution in [0.1, 0.15) is 16.7 Å². The maximum Gasteiger partial charge on any atom is 0.0568 e. The second kappa shape index (κ2) is 4.43. The number of hydrogen-bond donors (Lipinski definition) is 0. The van der Waals surface area contributed by atoms with Gasteiger partial charge < -0.3 is 4.90 Å². The van der Waals surface area contributed by atoms with Gasteiger partial charge in [-0.05, 0) is 30.0 Å². The zero-order valence-electron chi connectivity index (χ0n) is 10.1. The Labute approximate surface area is 107 Å². The average Bonchev–Trinajstić information content (AvgIpc) is 2.41. The van der Waals surface area contributed by atoms with Crippen molar-refractivity contribution in [3.05, 3.63) is 78.0 Å². The molecule has 2 aromatic rings. The SMILES string of the molecule is C=CN1Cc2ccccc2C#Cc2ccccc21. The summed E-state index contributed by atoms with van der Waals surface area (Å²) < 4.78 is 0. The van der Waals surface area contributed by atoms with Gasteiger partial charge in [-0.2, -0.15) is 0 Å². The number of fused-ring (bicyclic) bond motifs is 2. The van der Waals surface area contributed by atoms with E-state index in [1.807, 2.05) is 30.5 Å². The molecule has 0 unspecified atom stereocenters. The van der Waals surface area contributed by atoms with E-state index in [-0.39, 0.29) is 0 Å². The third-order valence-corrected chi connectivity index (χ3v) is 3.12. The Bertz CT molecular complexity index is 659. The molecule has 0 radical (unpaired) electrons. The first-order valence-electron chi connectivity index (χ1n) is 5.96. The predicted molar refractivity (Wildman–Crippen MR) is 75.2 cm³/mol. The van der Waals surface area contributed by atoms with Crippen LogP contribution in [-0.4, -0.2) is 0 Å². The minimum absolute atomic E-state index is 0.811. The molecule has 0 saturated carbocycles. The van der Waals surface area contributed by atoms with E-state index in [1.165, 1.54) is 5.56 Å². The van der Waals surface area contributed by atoms with Crippen LogP contribution >= 0.6 is 0 Å².